The molecule has 1 aliphatic rings. The van der Waals surface area contributed by atoms with Crippen LogP contribution in [0.1, 0.15) is 34.5 Å². The van der Waals surface area contributed by atoms with E-state index in [1.54, 1.807) is 29.2 Å². The summed E-state index contributed by atoms with van der Waals surface area (Å²) in [4.78, 5) is 18.4. The second-order valence-electron chi connectivity index (χ2n) is 5.85. The van der Waals surface area contributed by atoms with Crippen molar-refractivity contribution in [2.75, 3.05) is 13.7 Å². The highest BCUT2D eigenvalue weighted by Crippen LogP contribution is 2.36. The topological polar surface area (TPSA) is 51.7 Å². The number of methoxy groups -OCH3 is 1. The summed E-state index contributed by atoms with van der Waals surface area (Å²) in [7, 11) is 1.43. The van der Waals surface area contributed by atoms with E-state index in [4.69, 9.17) is 21.1 Å². The number of carbonyl (C=O) groups is 1. The van der Waals surface area contributed by atoms with Crippen LogP contribution in [0.25, 0.3) is 0 Å². The van der Waals surface area contributed by atoms with Crippen LogP contribution in [0.15, 0.2) is 30.5 Å². The van der Waals surface area contributed by atoms with Crippen LogP contribution < -0.4 is 9.47 Å². The van der Waals surface area contributed by atoms with Crippen molar-refractivity contribution in [1.82, 2.24) is 9.88 Å². The molecule has 5 nitrogen and oxygen atoms in total. The van der Waals surface area contributed by atoms with Gasteiger partial charge in [0.15, 0.2) is 11.5 Å². The number of amides is 1. The van der Waals surface area contributed by atoms with Gasteiger partial charge in [-0.15, -0.1) is 0 Å². The number of nitrogens with zero attached hydrogens (tertiary/aromatic N) is 2. The predicted octanol–water partition coefficient (Wildman–Crippen LogP) is 4.10. The highest BCUT2D eigenvalue weighted by Gasteiger charge is 2.33. The lowest BCUT2D eigenvalue weighted by Crippen LogP contribution is -2.27. The van der Waals surface area contributed by atoms with Crippen molar-refractivity contribution in [2.24, 2.45) is 0 Å². The molecule has 0 N–H and O–H groups in total. The van der Waals surface area contributed by atoms with Gasteiger partial charge in [0.2, 0.25) is 0 Å². The van der Waals surface area contributed by atoms with Crippen molar-refractivity contribution in [3.8, 4) is 11.5 Å². The molecule has 3 rings (SSSR count). The molecular formula is C18H17ClF2N2O3. The maximum absolute atomic E-state index is 12.7. The fourth-order valence-electron chi connectivity index (χ4n) is 2.92. The summed E-state index contributed by atoms with van der Waals surface area (Å²) in [5, 5.41) is 0.318. The van der Waals surface area contributed by atoms with E-state index in [1.165, 1.54) is 13.3 Å². The van der Waals surface area contributed by atoms with E-state index in [2.05, 4.69) is 4.98 Å². The Labute approximate surface area is 154 Å². The van der Waals surface area contributed by atoms with Gasteiger partial charge < -0.3 is 14.4 Å². The number of rotatable bonds is 6. The summed E-state index contributed by atoms with van der Waals surface area (Å²) in [6, 6.07) is 6.35. The van der Waals surface area contributed by atoms with Crippen LogP contribution >= 0.6 is 11.6 Å². The van der Waals surface area contributed by atoms with Crippen molar-refractivity contribution in [3.63, 3.8) is 0 Å². The monoisotopic (exact) mass is 382 g/mol. The molecule has 2 heterocycles. The van der Waals surface area contributed by atoms with Crippen molar-refractivity contribution in [3.05, 3.63) is 52.3 Å². The number of halogens is 3. The van der Waals surface area contributed by atoms with Gasteiger partial charge >= 0.3 is 0 Å². The largest absolute Gasteiger partial charge is 0.493 e. The zero-order valence-electron chi connectivity index (χ0n) is 14.2. The van der Waals surface area contributed by atoms with Crippen LogP contribution in [-0.4, -0.2) is 35.9 Å². The Bertz CT molecular complexity index is 832. The van der Waals surface area contributed by atoms with Crippen LogP contribution in [-0.2, 0) is 6.54 Å². The molecule has 0 aliphatic carbocycles. The molecule has 1 unspecified atom stereocenters. The van der Waals surface area contributed by atoms with Gasteiger partial charge in [-0.25, -0.2) is 13.8 Å². The molecule has 2 aromatic rings. The molecule has 8 heteroatoms. The third-order valence-electron chi connectivity index (χ3n) is 4.33. The Morgan fingerprint density at radius 2 is 2.08 bits per heavy atom. The minimum atomic E-state index is -2.57. The minimum absolute atomic E-state index is 0.131. The molecular weight excluding hydrogens is 366 g/mol. The Balaban J connectivity index is 1.83. The minimum Gasteiger partial charge on any atom is -0.493 e. The lowest BCUT2D eigenvalue weighted by molar-refractivity contribution is 0.0714. The second kappa shape index (κ2) is 7.45. The van der Waals surface area contributed by atoms with E-state index in [9.17, 15) is 13.6 Å². The summed E-state index contributed by atoms with van der Waals surface area (Å²) in [5.74, 6) is 0.430. The summed E-state index contributed by atoms with van der Waals surface area (Å²) in [6.45, 7) is 1.52. The fourth-order valence-corrected chi connectivity index (χ4v) is 3.14. The van der Waals surface area contributed by atoms with Gasteiger partial charge in [0, 0.05) is 17.3 Å². The van der Waals surface area contributed by atoms with Gasteiger partial charge in [0.05, 0.1) is 19.7 Å². The first-order valence-electron chi connectivity index (χ1n) is 7.95. The van der Waals surface area contributed by atoms with E-state index in [0.717, 1.165) is 5.56 Å². The SMILES string of the molecule is COc1cc(C(C)N2Cc3c(ccnc3Cl)C2=O)ccc1OCC(F)F. The first-order valence-corrected chi connectivity index (χ1v) is 8.33. The van der Waals surface area contributed by atoms with Crippen molar-refractivity contribution < 1.29 is 23.0 Å². The quantitative estimate of drug-likeness (QED) is 0.706. The number of carbonyl (C=O) groups excluding carboxylic acids is 1. The number of hydrogen-bond donors (Lipinski definition) is 0. The number of pyridine rings is 1. The summed E-state index contributed by atoms with van der Waals surface area (Å²) in [6.07, 6.45) is -1.07. The van der Waals surface area contributed by atoms with E-state index in [1.807, 2.05) is 6.92 Å². The molecule has 0 radical (unpaired) electrons. The predicted molar refractivity (Wildman–Crippen MR) is 92.0 cm³/mol. The van der Waals surface area contributed by atoms with E-state index in [-0.39, 0.29) is 17.7 Å². The van der Waals surface area contributed by atoms with Gasteiger partial charge in [-0.05, 0) is 30.7 Å². The third kappa shape index (κ3) is 3.44. The van der Waals surface area contributed by atoms with Gasteiger partial charge in [-0.2, -0.15) is 0 Å². The highest BCUT2D eigenvalue weighted by molar-refractivity contribution is 6.30. The van der Waals surface area contributed by atoms with Crippen LogP contribution in [0, 0.1) is 0 Å². The average Bonchev–Trinajstić information content (AvgIpc) is 2.97. The fraction of sp³-hybridized carbons (Fsp3) is 0.333. The molecule has 0 saturated carbocycles. The van der Waals surface area contributed by atoms with Crippen molar-refractivity contribution >= 4 is 17.5 Å². The number of ether oxygens (including phenoxy) is 2. The standard InChI is InChI=1S/C18H17ClF2N2O3/c1-10(23-8-13-12(18(23)24)5-6-22-17(13)19)11-3-4-14(15(7-11)25-2)26-9-16(20)21/h3-7,10,16H,8-9H2,1-2H3. The van der Waals surface area contributed by atoms with Crippen LogP contribution in [0.5, 0.6) is 11.5 Å². The molecule has 138 valence electrons. The summed E-state index contributed by atoms with van der Waals surface area (Å²) in [5.41, 5.74) is 2.03. The van der Waals surface area contributed by atoms with Crippen LogP contribution in [0.3, 0.4) is 0 Å². The molecule has 0 fully saturated rings. The molecule has 1 aromatic heterocycles. The van der Waals surface area contributed by atoms with E-state index in [0.29, 0.717) is 28.6 Å². The first kappa shape index (κ1) is 18.4. The van der Waals surface area contributed by atoms with Gasteiger partial charge in [-0.1, -0.05) is 17.7 Å². The summed E-state index contributed by atoms with van der Waals surface area (Å²) >= 11 is 6.09. The Hall–Kier alpha value is -2.41. The number of alkyl halides is 2. The van der Waals surface area contributed by atoms with Gasteiger partial charge in [0.25, 0.3) is 12.3 Å². The smallest absolute Gasteiger partial charge is 0.272 e. The normalized spacial score (nSPS) is 14.5. The molecule has 0 saturated heterocycles. The number of benzene rings is 1. The molecule has 0 spiro atoms. The molecule has 26 heavy (non-hydrogen) atoms. The van der Waals surface area contributed by atoms with Crippen molar-refractivity contribution in [2.45, 2.75) is 25.9 Å². The maximum atomic E-state index is 12.7. The molecule has 1 aliphatic heterocycles. The Morgan fingerprint density at radius 1 is 1.31 bits per heavy atom. The van der Waals surface area contributed by atoms with Crippen molar-refractivity contribution in [1.29, 1.82) is 0 Å². The lowest BCUT2D eigenvalue weighted by atomic mass is 10.1. The molecule has 1 atom stereocenters. The maximum Gasteiger partial charge on any atom is 0.272 e. The zero-order chi connectivity index (χ0) is 18.8. The van der Waals surface area contributed by atoms with E-state index < -0.39 is 13.0 Å². The first-order chi connectivity index (χ1) is 12.4. The summed E-state index contributed by atoms with van der Waals surface area (Å²) < 4.78 is 35.0. The van der Waals surface area contributed by atoms with Crippen LogP contribution in [0.2, 0.25) is 5.15 Å². The number of fused-ring (bicyclic) bond motifs is 1. The van der Waals surface area contributed by atoms with E-state index >= 15 is 0 Å². The highest BCUT2D eigenvalue weighted by atomic mass is 35.5. The van der Waals surface area contributed by atoms with Gasteiger partial charge in [0.1, 0.15) is 11.8 Å². The van der Waals surface area contributed by atoms with Gasteiger partial charge in [-0.3, -0.25) is 4.79 Å². The Kier molecular flexibility index (Phi) is 5.27. The molecule has 0 bridgehead atoms. The van der Waals surface area contributed by atoms with Crippen LogP contribution in [0.4, 0.5) is 8.78 Å². The second-order valence-corrected chi connectivity index (χ2v) is 6.21. The molecule has 1 aromatic carbocycles. The average molecular weight is 383 g/mol. The third-order valence-corrected chi connectivity index (χ3v) is 4.65. The number of aromatic nitrogens is 1. The zero-order valence-corrected chi connectivity index (χ0v) is 15.0. The number of hydrogen-bond acceptors (Lipinski definition) is 4. The molecule has 1 amide bonds. The Morgan fingerprint density at radius 3 is 2.73 bits per heavy atom. The lowest BCUT2D eigenvalue weighted by Gasteiger charge is -2.25.